The fourth-order valence-corrected chi connectivity index (χ4v) is 3.26. The Balaban J connectivity index is 1.94. The summed E-state index contributed by atoms with van der Waals surface area (Å²) in [5, 5.41) is 0. The molecule has 1 saturated carbocycles. The average Bonchev–Trinajstić information content (AvgIpc) is 2.42. The zero-order valence-electron chi connectivity index (χ0n) is 11.5. The number of carbonyl (C=O) groups excluding carboxylic acids is 1. The molecule has 1 atom stereocenters. The van der Waals surface area contributed by atoms with Gasteiger partial charge in [0.2, 0.25) is 5.91 Å². The Hall–Kier alpha value is -0.830. The maximum absolute atomic E-state index is 12.6. The van der Waals surface area contributed by atoms with E-state index in [-0.39, 0.29) is 5.92 Å². The molecular weight excluding hydrogens is 224 g/mol. The van der Waals surface area contributed by atoms with Crippen LogP contribution >= 0.6 is 0 Å². The summed E-state index contributed by atoms with van der Waals surface area (Å²) in [7, 11) is 0. The molecule has 2 N–H and O–H groups in total. The molecule has 1 fully saturated rings. The van der Waals surface area contributed by atoms with Crippen molar-refractivity contribution in [3.63, 3.8) is 0 Å². The Bertz CT molecular complexity index is 306. The summed E-state index contributed by atoms with van der Waals surface area (Å²) in [4.78, 5) is 14.7. The van der Waals surface area contributed by atoms with Crippen LogP contribution in [0.1, 0.15) is 51.9 Å². The lowest BCUT2D eigenvalue weighted by Gasteiger charge is -2.37. The monoisotopic (exact) mass is 250 g/mol. The Morgan fingerprint density at radius 2 is 1.94 bits per heavy atom. The van der Waals surface area contributed by atoms with Gasteiger partial charge in [0.15, 0.2) is 0 Å². The van der Waals surface area contributed by atoms with Crippen LogP contribution in [0.2, 0.25) is 0 Å². The van der Waals surface area contributed by atoms with Gasteiger partial charge in [-0.25, -0.2) is 0 Å². The van der Waals surface area contributed by atoms with Gasteiger partial charge in [-0.1, -0.05) is 12.2 Å². The van der Waals surface area contributed by atoms with Crippen LogP contribution in [0.5, 0.6) is 0 Å². The van der Waals surface area contributed by atoms with E-state index in [9.17, 15) is 4.79 Å². The van der Waals surface area contributed by atoms with Crippen molar-refractivity contribution in [3.8, 4) is 0 Å². The van der Waals surface area contributed by atoms with E-state index in [2.05, 4.69) is 24.0 Å². The van der Waals surface area contributed by atoms with Crippen LogP contribution in [0.15, 0.2) is 12.2 Å². The minimum atomic E-state index is 0.227. The molecule has 2 rings (SSSR count). The summed E-state index contributed by atoms with van der Waals surface area (Å²) in [5.41, 5.74) is 5.94. The van der Waals surface area contributed by atoms with Crippen LogP contribution in [0.4, 0.5) is 0 Å². The molecule has 0 saturated heterocycles. The standard InChI is InChI=1S/C15H26N2O/c1-2-17(14-10-8-13(16)9-11-14)15(18)12-6-4-3-5-7-12/h3-4,12-14H,2,5-11,16H2,1H3. The van der Waals surface area contributed by atoms with Gasteiger partial charge >= 0.3 is 0 Å². The summed E-state index contributed by atoms with van der Waals surface area (Å²) >= 11 is 0. The SMILES string of the molecule is CCN(C(=O)C1CC=CCC1)C1CCC(N)CC1. The van der Waals surface area contributed by atoms with Crippen molar-refractivity contribution in [2.24, 2.45) is 11.7 Å². The van der Waals surface area contributed by atoms with Gasteiger partial charge in [0.1, 0.15) is 0 Å². The summed E-state index contributed by atoms with van der Waals surface area (Å²) in [5.74, 6) is 0.605. The van der Waals surface area contributed by atoms with E-state index in [1.807, 2.05) is 0 Å². The molecular formula is C15H26N2O. The summed E-state index contributed by atoms with van der Waals surface area (Å²) < 4.78 is 0. The second kappa shape index (κ2) is 6.37. The number of carbonyl (C=O) groups is 1. The van der Waals surface area contributed by atoms with E-state index in [0.717, 1.165) is 51.5 Å². The number of rotatable bonds is 3. The lowest BCUT2D eigenvalue weighted by Crippen LogP contribution is -2.46. The molecule has 0 aromatic rings. The smallest absolute Gasteiger partial charge is 0.226 e. The van der Waals surface area contributed by atoms with Crippen LogP contribution in [0.25, 0.3) is 0 Å². The molecule has 18 heavy (non-hydrogen) atoms. The van der Waals surface area contributed by atoms with Crippen molar-refractivity contribution in [3.05, 3.63) is 12.2 Å². The average molecular weight is 250 g/mol. The largest absolute Gasteiger partial charge is 0.340 e. The summed E-state index contributed by atoms with van der Waals surface area (Å²) in [6.45, 7) is 2.95. The number of nitrogens with zero attached hydrogens (tertiary/aromatic N) is 1. The van der Waals surface area contributed by atoms with E-state index in [0.29, 0.717) is 18.0 Å². The first-order chi connectivity index (χ1) is 8.72. The van der Waals surface area contributed by atoms with Gasteiger partial charge in [-0.2, -0.15) is 0 Å². The van der Waals surface area contributed by atoms with Gasteiger partial charge in [0.25, 0.3) is 0 Å². The second-order valence-corrected chi connectivity index (χ2v) is 5.67. The number of amides is 1. The predicted octanol–water partition coefficient (Wildman–Crippen LogP) is 2.46. The first kappa shape index (κ1) is 13.6. The highest BCUT2D eigenvalue weighted by atomic mass is 16.2. The van der Waals surface area contributed by atoms with E-state index in [1.165, 1.54) is 0 Å². The molecule has 0 heterocycles. The molecule has 2 aliphatic carbocycles. The van der Waals surface area contributed by atoms with Crippen molar-refractivity contribution in [1.82, 2.24) is 4.90 Å². The first-order valence-electron chi connectivity index (χ1n) is 7.43. The number of nitrogens with two attached hydrogens (primary N) is 1. The Morgan fingerprint density at radius 1 is 1.22 bits per heavy atom. The third-order valence-corrected chi connectivity index (χ3v) is 4.42. The van der Waals surface area contributed by atoms with Gasteiger partial charge in [0.05, 0.1) is 0 Å². The third kappa shape index (κ3) is 3.14. The van der Waals surface area contributed by atoms with Crippen LogP contribution in [0.3, 0.4) is 0 Å². The maximum Gasteiger partial charge on any atom is 0.226 e. The highest BCUT2D eigenvalue weighted by molar-refractivity contribution is 5.79. The fraction of sp³-hybridized carbons (Fsp3) is 0.800. The molecule has 0 radical (unpaired) electrons. The van der Waals surface area contributed by atoms with E-state index in [4.69, 9.17) is 5.73 Å². The Morgan fingerprint density at radius 3 is 2.50 bits per heavy atom. The van der Waals surface area contributed by atoms with Gasteiger partial charge in [0, 0.05) is 24.5 Å². The van der Waals surface area contributed by atoms with E-state index >= 15 is 0 Å². The predicted molar refractivity (Wildman–Crippen MR) is 74.1 cm³/mol. The minimum absolute atomic E-state index is 0.227. The number of hydrogen-bond donors (Lipinski definition) is 1. The normalized spacial score (nSPS) is 32.2. The van der Waals surface area contributed by atoms with Crippen molar-refractivity contribution in [1.29, 1.82) is 0 Å². The lowest BCUT2D eigenvalue weighted by atomic mass is 9.88. The van der Waals surface area contributed by atoms with Gasteiger partial charge < -0.3 is 10.6 Å². The first-order valence-corrected chi connectivity index (χ1v) is 7.43. The molecule has 3 heteroatoms. The maximum atomic E-state index is 12.6. The Labute approximate surface area is 110 Å². The number of allylic oxidation sites excluding steroid dienone is 2. The summed E-state index contributed by atoms with van der Waals surface area (Å²) in [6, 6.07) is 0.792. The van der Waals surface area contributed by atoms with Gasteiger partial charge in [-0.15, -0.1) is 0 Å². The second-order valence-electron chi connectivity index (χ2n) is 5.67. The van der Waals surface area contributed by atoms with E-state index < -0.39 is 0 Å². The zero-order valence-corrected chi connectivity index (χ0v) is 11.5. The Kier molecular flexibility index (Phi) is 4.81. The fourth-order valence-electron chi connectivity index (χ4n) is 3.26. The van der Waals surface area contributed by atoms with Crippen LogP contribution in [-0.2, 0) is 4.79 Å². The van der Waals surface area contributed by atoms with Crippen LogP contribution < -0.4 is 5.73 Å². The molecule has 2 aliphatic rings. The molecule has 0 aromatic carbocycles. The lowest BCUT2D eigenvalue weighted by molar-refractivity contribution is -0.138. The molecule has 0 aliphatic heterocycles. The van der Waals surface area contributed by atoms with Gasteiger partial charge in [-0.3, -0.25) is 4.79 Å². The van der Waals surface area contributed by atoms with Crippen molar-refractivity contribution in [2.75, 3.05) is 6.54 Å². The topological polar surface area (TPSA) is 46.3 Å². The number of hydrogen-bond acceptors (Lipinski definition) is 2. The van der Waals surface area contributed by atoms with E-state index in [1.54, 1.807) is 0 Å². The van der Waals surface area contributed by atoms with Crippen molar-refractivity contribution >= 4 is 5.91 Å². The molecule has 3 nitrogen and oxygen atoms in total. The molecule has 102 valence electrons. The van der Waals surface area contributed by atoms with Crippen LogP contribution in [-0.4, -0.2) is 29.4 Å². The molecule has 0 aromatic heterocycles. The molecule has 1 unspecified atom stereocenters. The van der Waals surface area contributed by atoms with Crippen LogP contribution in [0, 0.1) is 5.92 Å². The highest BCUT2D eigenvalue weighted by Gasteiger charge is 2.30. The third-order valence-electron chi connectivity index (χ3n) is 4.42. The zero-order chi connectivity index (χ0) is 13.0. The van der Waals surface area contributed by atoms with Crippen molar-refractivity contribution < 1.29 is 4.79 Å². The molecule has 0 spiro atoms. The van der Waals surface area contributed by atoms with Gasteiger partial charge in [-0.05, 0) is 51.9 Å². The quantitative estimate of drug-likeness (QED) is 0.782. The minimum Gasteiger partial charge on any atom is -0.340 e. The van der Waals surface area contributed by atoms with Crippen molar-refractivity contribution in [2.45, 2.75) is 64.0 Å². The highest BCUT2D eigenvalue weighted by Crippen LogP contribution is 2.26. The summed E-state index contributed by atoms with van der Waals surface area (Å²) in [6.07, 6.45) is 11.7. The molecule has 1 amide bonds. The molecule has 0 bridgehead atoms.